The van der Waals surface area contributed by atoms with Crippen LogP contribution in [0.4, 0.5) is 5.69 Å². The fourth-order valence-electron chi connectivity index (χ4n) is 3.31. The summed E-state index contributed by atoms with van der Waals surface area (Å²) in [5.41, 5.74) is 2.40. The Balaban J connectivity index is 1.50. The van der Waals surface area contributed by atoms with E-state index in [9.17, 15) is 13.2 Å². The summed E-state index contributed by atoms with van der Waals surface area (Å²) in [6.07, 6.45) is 0. The summed E-state index contributed by atoms with van der Waals surface area (Å²) in [6, 6.07) is 23.1. The van der Waals surface area contributed by atoms with Gasteiger partial charge in [-0.3, -0.25) is 4.79 Å². The van der Waals surface area contributed by atoms with Crippen LogP contribution in [0.2, 0.25) is 0 Å². The van der Waals surface area contributed by atoms with Crippen LogP contribution in [0.25, 0.3) is 0 Å². The third kappa shape index (κ3) is 6.81. The van der Waals surface area contributed by atoms with Crippen molar-refractivity contribution in [3.8, 4) is 5.75 Å². The summed E-state index contributed by atoms with van der Waals surface area (Å²) in [6.45, 7) is 4.28. The number of carbonyl (C=O) groups is 1. The molecule has 3 rings (SSSR count). The number of hydrogen-bond donors (Lipinski definition) is 2. The van der Waals surface area contributed by atoms with Crippen LogP contribution in [0.5, 0.6) is 5.75 Å². The first-order chi connectivity index (χ1) is 15.9. The maximum atomic E-state index is 12.5. The van der Waals surface area contributed by atoms with E-state index in [0.29, 0.717) is 24.4 Å². The molecule has 0 unspecified atom stereocenters. The number of para-hydroxylation sites is 1. The molecule has 0 heterocycles. The largest absolute Gasteiger partial charge is 0.497 e. The third-order valence-corrected chi connectivity index (χ3v) is 6.64. The van der Waals surface area contributed by atoms with Crippen LogP contribution >= 0.6 is 0 Å². The third-order valence-electron chi connectivity index (χ3n) is 5.22. The van der Waals surface area contributed by atoms with Crippen molar-refractivity contribution in [1.82, 2.24) is 10.0 Å². The Labute approximate surface area is 195 Å². The van der Waals surface area contributed by atoms with Crippen LogP contribution in [0, 0.1) is 0 Å². The van der Waals surface area contributed by atoms with E-state index >= 15 is 0 Å². The summed E-state index contributed by atoms with van der Waals surface area (Å²) >= 11 is 0. The van der Waals surface area contributed by atoms with Crippen LogP contribution in [-0.4, -0.2) is 41.1 Å². The number of amides is 1. The average Bonchev–Trinajstić information content (AvgIpc) is 2.86. The monoisotopic (exact) mass is 467 g/mol. The van der Waals surface area contributed by atoms with Crippen LogP contribution in [0.15, 0.2) is 83.8 Å². The van der Waals surface area contributed by atoms with Crippen LogP contribution < -0.4 is 19.7 Å². The Morgan fingerprint density at radius 1 is 0.939 bits per heavy atom. The molecule has 8 heteroatoms. The van der Waals surface area contributed by atoms with Crippen molar-refractivity contribution in [2.24, 2.45) is 0 Å². The molecule has 0 aromatic heterocycles. The van der Waals surface area contributed by atoms with E-state index in [-0.39, 0.29) is 17.3 Å². The zero-order valence-electron chi connectivity index (χ0n) is 18.8. The highest BCUT2D eigenvalue weighted by molar-refractivity contribution is 7.89. The molecule has 0 saturated heterocycles. The van der Waals surface area contributed by atoms with Gasteiger partial charge in [0.25, 0.3) is 5.91 Å². The number of carbonyl (C=O) groups excluding carboxylic acids is 1. The normalized spacial score (nSPS) is 11.1. The van der Waals surface area contributed by atoms with Gasteiger partial charge in [-0.25, -0.2) is 13.1 Å². The molecule has 0 saturated carbocycles. The van der Waals surface area contributed by atoms with E-state index in [1.165, 1.54) is 19.2 Å². The lowest BCUT2D eigenvalue weighted by atomic mass is 10.1. The molecule has 2 N–H and O–H groups in total. The van der Waals surface area contributed by atoms with Crippen molar-refractivity contribution < 1.29 is 17.9 Å². The van der Waals surface area contributed by atoms with E-state index in [4.69, 9.17) is 4.74 Å². The molecule has 33 heavy (non-hydrogen) atoms. The van der Waals surface area contributed by atoms with Gasteiger partial charge in [-0.15, -0.1) is 0 Å². The minimum absolute atomic E-state index is 0.124. The Bertz CT molecular complexity index is 1130. The number of nitrogens with zero attached hydrogens (tertiary/aromatic N) is 1. The molecule has 0 fully saturated rings. The number of nitrogens with one attached hydrogen (secondary N) is 2. The highest BCUT2D eigenvalue weighted by Crippen LogP contribution is 2.16. The topological polar surface area (TPSA) is 87.7 Å². The van der Waals surface area contributed by atoms with Crippen molar-refractivity contribution in [2.45, 2.75) is 18.4 Å². The second-order valence-electron chi connectivity index (χ2n) is 7.37. The minimum Gasteiger partial charge on any atom is -0.497 e. The zero-order chi connectivity index (χ0) is 23.7. The standard InChI is InChI=1S/C25H29N3O4S/c1-3-28(22-7-5-4-6-8-22)18-17-26-25(29)21-11-9-20(10-12-21)19-27-33(30,31)24-15-13-23(32-2)14-16-24/h4-16,27H,3,17-19H2,1-2H3,(H,26,29). The van der Waals surface area contributed by atoms with Crippen molar-refractivity contribution in [2.75, 3.05) is 31.6 Å². The van der Waals surface area contributed by atoms with Gasteiger partial charge in [0, 0.05) is 37.4 Å². The Hall–Kier alpha value is -3.36. The quantitative estimate of drug-likeness (QED) is 0.451. The maximum absolute atomic E-state index is 12.5. The lowest BCUT2D eigenvalue weighted by Crippen LogP contribution is -2.34. The number of methoxy groups -OCH3 is 1. The number of rotatable bonds is 11. The SMILES string of the molecule is CCN(CCNC(=O)c1ccc(CNS(=O)(=O)c2ccc(OC)cc2)cc1)c1ccccc1. The predicted molar refractivity (Wildman–Crippen MR) is 130 cm³/mol. The first kappa shape index (κ1) is 24.3. The van der Waals surface area contributed by atoms with Crippen molar-refractivity contribution in [3.63, 3.8) is 0 Å². The highest BCUT2D eigenvalue weighted by Gasteiger charge is 2.14. The molecule has 0 spiro atoms. The Morgan fingerprint density at radius 3 is 2.21 bits per heavy atom. The van der Waals surface area contributed by atoms with E-state index < -0.39 is 10.0 Å². The zero-order valence-corrected chi connectivity index (χ0v) is 19.6. The molecule has 3 aromatic carbocycles. The molecule has 1 amide bonds. The number of likely N-dealkylation sites (N-methyl/N-ethyl adjacent to an activating group) is 1. The van der Waals surface area contributed by atoms with Crippen LogP contribution in [-0.2, 0) is 16.6 Å². The van der Waals surface area contributed by atoms with Gasteiger partial charge in [-0.05, 0) is 61.0 Å². The lowest BCUT2D eigenvalue weighted by Gasteiger charge is -2.23. The van der Waals surface area contributed by atoms with E-state index in [1.807, 2.05) is 30.3 Å². The minimum atomic E-state index is -3.65. The molecule has 0 atom stereocenters. The fraction of sp³-hybridized carbons (Fsp3) is 0.240. The number of sulfonamides is 1. The molecule has 3 aromatic rings. The first-order valence-corrected chi connectivity index (χ1v) is 12.2. The molecule has 0 bridgehead atoms. The summed E-state index contributed by atoms with van der Waals surface area (Å²) in [5.74, 6) is 0.426. The van der Waals surface area contributed by atoms with E-state index in [0.717, 1.165) is 17.8 Å². The average molecular weight is 468 g/mol. The number of anilines is 1. The van der Waals surface area contributed by atoms with Gasteiger partial charge in [-0.1, -0.05) is 30.3 Å². The van der Waals surface area contributed by atoms with E-state index in [2.05, 4.69) is 21.9 Å². The van der Waals surface area contributed by atoms with Gasteiger partial charge in [-0.2, -0.15) is 0 Å². The first-order valence-electron chi connectivity index (χ1n) is 10.7. The lowest BCUT2D eigenvalue weighted by molar-refractivity contribution is 0.0954. The summed E-state index contributed by atoms with van der Waals surface area (Å²) in [7, 11) is -2.12. The van der Waals surface area contributed by atoms with Crippen molar-refractivity contribution >= 4 is 21.6 Å². The van der Waals surface area contributed by atoms with E-state index in [1.54, 1.807) is 36.4 Å². The smallest absolute Gasteiger partial charge is 0.251 e. The van der Waals surface area contributed by atoms with Gasteiger partial charge < -0.3 is 15.0 Å². The molecular formula is C25H29N3O4S. The van der Waals surface area contributed by atoms with Gasteiger partial charge in [0.2, 0.25) is 10.0 Å². The van der Waals surface area contributed by atoms with Gasteiger partial charge in [0.05, 0.1) is 12.0 Å². The van der Waals surface area contributed by atoms with Crippen LogP contribution in [0.1, 0.15) is 22.8 Å². The summed E-state index contributed by atoms with van der Waals surface area (Å²) < 4.78 is 32.5. The van der Waals surface area contributed by atoms with Crippen LogP contribution in [0.3, 0.4) is 0 Å². The molecule has 7 nitrogen and oxygen atoms in total. The fourth-order valence-corrected chi connectivity index (χ4v) is 4.32. The molecule has 0 aliphatic heterocycles. The molecule has 0 aliphatic carbocycles. The molecular weight excluding hydrogens is 438 g/mol. The predicted octanol–water partition coefficient (Wildman–Crippen LogP) is 3.43. The van der Waals surface area contributed by atoms with Crippen molar-refractivity contribution in [1.29, 1.82) is 0 Å². The molecule has 0 radical (unpaired) electrons. The summed E-state index contributed by atoms with van der Waals surface area (Å²) in [4.78, 5) is 14.8. The number of hydrogen-bond acceptors (Lipinski definition) is 5. The number of ether oxygens (including phenoxy) is 1. The Kier molecular flexibility index (Phi) is 8.46. The second kappa shape index (κ2) is 11.5. The van der Waals surface area contributed by atoms with Crippen molar-refractivity contribution in [3.05, 3.63) is 90.0 Å². The molecule has 0 aliphatic rings. The maximum Gasteiger partial charge on any atom is 0.251 e. The number of benzene rings is 3. The summed E-state index contributed by atoms with van der Waals surface area (Å²) in [5, 5.41) is 2.94. The van der Waals surface area contributed by atoms with Gasteiger partial charge >= 0.3 is 0 Å². The van der Waals surface area contributed by atoms with Gasteiger partial charge in [0.15, 0.2) is 0 Å². The van der Waals surface area contributed by atoms with Gasteiger partial charge in [0.1, 0.15) is 5.75 Å². The Morgan fingerprint density at radius 2 is 1.61 bits per heavy atom. The second-order valence-corrected chi connectivity index (χ2v) is 9.14. The molecule has 174 valence electrons. The highest BCUT2D eigenvalue weighted by atomic mass is 32.2.